The number of aromatic nitrogens is 4. The van der Waals surface area contributed by atoms with Crippen molar-refractivity contribution in [3.8, 4) is 0 Å². The summed E-state index contributed by atoms with van der Waals surface area (Å²) < 4.78 is 32.7. The maximum absolute atomic E-state index is 14.0. The Kier molecular flexibility index (Phi) is 5.05. The lowest BCUT2D eigenvalue weighted by Gasteiger charge is -2.11. The number of hydrogen-bond donors (Lipinski definition) is 0. The molecule has 0 spiro atoms. The van der Waals surface area contributed by atoms with Crippen molar-refractivity contribution in [1.82, 2.24) is 18.7 Å². The average molecular weight is 410 g/mol. The first kappa shape index (κ1) is 20.1. The normalized spacial score (nSPS) is 11.8. The zero-order valence-electron chi connectivity index (χ0n) is 17.3. The highest BCUT2D eigenvalue weighted by Gasteiger charge is 2.18. The lowest BCUT2D eigenvalue weighted by molar-refractivity contribution is 0.507. The second-order valence-corrected chi connectivity index (χ2v) is 8.07. The first-order valence-corrected chi connectivity index (χ1v) is 9.97. The van der Waals surface area contributed by atoms with E-state index in [-0.39, 0.29) is 18.1 Å². The van der Waals surface area contributed by atoms with Crippen molar-refractivity contribution in [3.63, 3.8) is 0 Å². The summed E-state index contributed by atoms with van der Waals surface area (Å²) in [4.78, 5) is 17.7. The van der Waals surface area contributed by atoms with Gasteiger partial charge in [-0.2, -0.15) is 0 Å². The van der Waals surface area contributed by atoms with E-state index in [1.54, 1.807) is 19.1 Å². The van der Waals surface area contributed by atoms with Crippen LogP contribution in [0.15, 0.2) is 47.8 Å². The lowest BCUT2D eigenvalue weighted by Crippen LogP contribution is -2.25. The smallest absolute Gasteiger partial charge is 0.326 e. The lowest BCUT2D eigenvalue weighted by atomic mass is 10.1. The minimum absolute atomic E-state index is 0.146. The Balaban J connectivity index is 1.90. The molecule has 5 nitrogen and oxygen atoms in total. The van der Waals surface area contributed by atoms with Gasteiger partial charge in [-0.25, -0.2) is 18.6 Å². The van der Waals surface area contributed by atoms with E-state index in [9.17, 15) is 13.6 Å². The zero-order chi connectivity index (χ0) is 21.6. The number of aryl methyl sites for hydroxylation is 1. The molecule has 0 aliphatic carbocycles. The van der Waals surface area contributed by atoms with E-state index < -0.39 is 5.82 Å². The Morgan fingerprint density at radius 1 is 1.03 bits per heavy atom. The molecular formula is C23H24F2N4O. The highest BCUT2D eigenvalue weighted by Crippen LogP contribution is 2.22. The van der Waals surface area contributed by atoms with E-state index >= 15 is 0 Å². The summed E-state index contributed by atoms with van der Waals surface area (Å²) in [6.07, 6.45) is 0.910. The number of rotatable bonds is 6. The fourth-order valence-corrected chi connectivity index (χ4v) is 3.80. The van der Waals surface area contributed by atoms with Gasteiger partial charge >= 0.3 is 5.69 Å². The van der Waals surface area contributed by atoms with Crippen LogP contribution in [0.25, 0.3) is 27.8 Å². The van der Waals surface area contributed by atoms with E-state index in [1.165, 1.54) is 33.4 Å². The third-order valence-corrected chi connectivity index (χ3v) is 5.29. The minimum Gasteiger partial charge on any atom is -0.326 e. The van der Waals surface area contributed by atoms with Gasteiger partial charge in [-0.3, -0.25) is 9.13 Å². The summed E-state index contributed by atoms with van der Waals surface area (Å²) in [6.45, 7) is 10.7. The Morgan fingerprint density at radius 2 is 1.70 bits per heavy atom. The predicted molar refractivity (Wildman–Crippen MR) is 115 cm³/mol. The van der Waals surface area contributed by atoms with Crippen molar-refractivity contribution >= 4 is 27.8 Å². The highest BCUT2D eigenvalue weighted by molar-refractivity contribution is 5.80. The molecule has 0 unspecified atom stereocenters. The first-order valence-electron chi connectivity index (χ1n) is 9.97. The Bertz CT molecular complexity index is 1330. The SMILES string of the molecule is C=C(C)n1c(=O)n(Cc2nc3cc(F)ccc3n2CCC(C)C)c2cc(F)ccc21. The molecule has 0 fully saturated rings. The van der Waals surface area contributed by atoms with Crippen LogP contribution in [0.4, 0.5) is 8.78 Å². The van der Waals surface area contributed by atoms with Gasteiger partial charge in [0.15, 0.2) is 0 Å². The number of benzene rings is 2. The van der Waals surface area contributed by atoms with E-state index in [2.05, 4.69) is 25.4 Å². The van der Waals surface area contributed by atoms with Gasteiger partial charge < -0.3 is 4.57 Å². The Labute approximate surface area is 172 Å². The number of hydrogen-bond acceptors (Lipinski definition) is 2. The molecule has 4 rings (SSSR count). The summed E-state index contributed by atoms with van der Waals surface area (Å²) in [6, 6.07) is 8.76. The average Bonchev–Trinajstić information content (AvgIpc) is 3.14. The van der Waals surface area contributed by atoms with Crippen LogP contribution < -0.4 is 5.69 Å². The number of imidazole rings is 2. The van der Waals surface area contributed by atoms with Crippen molar-refractivity contribution in [1.29, 1.82) is 0 Å². The van der Waals surface area contributed by atoms with Crippen LogP contribution in [0, 0.1) is 17.6 Å². The number of halogens is 2. The Hall–Kier alpha value is -3.22. The third kappa shape index (κ3) is 3.44. The van der Waals surface area contributed by atoms with Gasteiger partial charge in [-0.1, -0.05) is 20.4 Å². The summed E-state index contributed by atoms with van der Waals surface area (Å²) in [5.74, 6) is 0.312. The topological polar surface area (TPSA) is 44.8 Å². The standard InChI is InChI=1S/C23H24F2N4O/c1-14(2)9-10-27-19-7-5-16(24)11-18(19)26-22(27)13-28-21-12-17(25)6-8-20(21)29(15(3)4)23(28)30/h5-8,11-12,14H,3,9-10,13H2,1-2,4H3. The fourth-order valence-electron chi connectivity index (χ4n) is 3.80. The van der Waals surface area contributed by atoms with Crippen molar-refractivity contribution in [2.24, 2.45) is 5.92 Å². The molecule has 0 saturated heterocycles. The molecule has 0 radical (unpaired) electrons. The van der Waals surface area contributed by atoms with Crippen molar-refractivity contribution in [3.05, 3.63) is 70.9 Å². The molecule has 156 valence electrons. The zero-order valence-corrected chi connectivity index (χ0v) is 17.3. The van der Waals surface area contributed by atoms with Gasteiger partial charge in [0.05, 0.1) is 28.6 Å². The molecular weight excluding hydrogens is 386 g/mol. The summed E-state index contributed by atoms with van der Waals surface area (Å²) >= 11 is 0. The van der Waals surface area contributed by atoms with Crippen LogP contribution in [0.1, 0.15) is 33.0 Å². The van der Waals surface area contributed by atoms with Crippen molar-refractivity contribution < 1.29 is 8.78 Å². The fraction of sp³-hybridized carbons (Fsp3) is 0.304. The third-order valence-electron chi connectivity index (χ3n) is 5.29. The van der Waals surface area contributed by atoms with Gasteiger partial charge in [0.1, 0.15) is 17.5 Å². The number of fused-ring (bicyclic) bond motifs is 2. The molecule has 0 N–H and O–H groups in total. The number of allylic oxidation sites excluding steroid dienone is 1. The second kappa shape index (κ2) is 7.55. The molecule has 0 amide bonds. The molecule has 30 heavy (non-hydrogen) atoms. The number of nitrogens with zero attached hydrogens (tertiary/aromatic N) is 4. The molecule has 0 bridgehead atoms. The van der Waals surface area contributed by atoms with E-state index in [0.29, 0.717) is 40.5 Å². The van der Waals surface area contributed by atoms with E-state index in [0.717, 1.165) is 11.9 Å². The molecule has 0 atom stereocenters. The minimum atomic E-state index is -0.425. The van der Waals surface area contributed by atoms with Crippen LogP contribution in [-0.4, -0.2) is 18.7 Å². The van der Waals surface area contributed by atoms with Gasteiger partial charge in [0, 0.05) is 18.3 Å². The maximum atomic E-state index is 14.0. The molecule has 2 heterocycles. The van der Waals surface area contributed by atoms with E-state index in [4.69, 9.17) is 0 Å². The largest absolute Gasteiger partial charge is 0.333 e. The summed E-state index contributed by atoms with van der Waals surface area (Å²) in [5.41, 5.74) is 2.65. The summed E-state index contributed by atoms with van der Waals surface area (Å²) in [5, 5.41) is 0. The predicted octanol–water partition coefficient (Wildman–Crippen LogP) is 5.02. The monoisotopic (exact) mass is 410 g/mol. The summed E-state index contributed by atoms with van der Waals surface area (Å²) in [7, 11) is 0. The van der Waals surface area contributed by atoms with E-state index in [1.807, 2.05) is 4.57 Å². The van der Waals surface area contributed by atoms with Crippen LogP contribution in [0.3, 0.4) is 0 Å². The quantitative estimate of drug-likeness (QED) is 0.448. The molecule has 4 aromatic rings. The molecule has 0 aliphatic heterocycles. The van der Waals surface area contributed by atoms with Crippen LogP contribution in [0.5, 0.6) is 0 Å². The van der Waals surface area contributed by atoms with Crippen LogP contribution in [-0.2, 0) is 13.1 Å². The second-order valence-electron chi connectivity index (χ2n) is 8.07. The molecule has 2 aromatic heterocycles. The van der Waals surface area contributed by atoms with Gasteiger partial charge in [-0.05, 0) is 49.6 Å². The molecule has 0 saturated carbocycles. The van der Waals surface area contributed by atoms with Gasteiger partial charge in [0.25, 0.3) is 0 Å². The van der Waals surface area contributed by atoms with Gasteiger partial charge in [0.2, 0.25) is 0 Å². The van der Waals surface area contributed by atoms with Gasteiger partial charge in [-0.15, -0.1) is 0 Å². The molecule has 0 aliphatic rings. The molecule has 2 aromatic carbocycles. The Morgan fingerprint density at radius 3 is 2.37 bits per heavy atom. The highest BCUT2D eigenvalue weighted by atomic mass is 19.1. The maximum Gasteiger partial charge on any atom is 0.333 e. The van der Waals surface area contributed by atoms with Crippen LogP contribution in [0.2, 0.25) is 0 Å². The first-order chi connectivity index (χ1) is 14.3. The van der Waals surface area contributed by atoms with Crippen molar-refractivity contribution in [2.45, 2.75) is 40.3 Å². The van der Waals surface area contributed by atoms with Crippen molar-refractivity contribution in [2.75, 3.05) is 0 Å². The van der Waals surface area contributed by atoms with Crippen LogP contribution >= 0.6 is 0 Å². The molecule has 7 heteroatoms.